The van der Waals surface area contributed by atoms with Gasteiger partial charge in [0.1, 0.15) is 6.54 Å². The third-order valence-corrected chi connectivity index (χ3v) is 5.25. The first-order chi connectivity index (χ1) is 11.4. The van der Waals surface area contributed by atoms with Crippen LogP contribution in [0.1, 0.15) is 18.4 Å². The summed E-state index contributed by atoms with van der Waals surface area (Å²) >= 11 is 12.2. The van der Waals surface area contributed by atoms with Crippen LogP contribution in [-0.4, -0.2) is 29.2 Å². The maximum atomic E-state index is 12.4. The zero-order valence-electron chi connectivity index (χ0n) is 13.0. The number of allylic oxidation sites excluding steroid dienone is 2. The zero-order chi connectivity index (χ0) is 17.4. The van der Waals surface area contributed by atoms with E-state index in [1.165, 1.54) is 0 Å². The summed E-state index contributed by atoms with van der Waals surface area (Å²) in [7, 11) is 0. The van der Waals surface area contributed by atoms with E-state index in [0.29, 0.717) is 28.6 Å². The summed E-state index contributed by atoms with van der Waals surface area (Å²) in [5.41, 5.74) is 1.06. The van der Waals surface area contributed by atoms with Crippen molar-refractivity contribution in [2.45, 2.75) is 19.8 Å². The molecule has 1 fully saturated rings. The van der Waals surface area contributed by atoms with Crippen molar-refractivity contribution >= 4 is 46.6 Å². The van der Waals surface area contributed by atoms with Crippen molar-refractivity contribution in [3.8, 4) is 0 Å². The van der Waals surface area contributed by atoms with Crippen molar-refractivity contribution in [2.75, 3.05) is 11.9 Å². The topological polar surface area (TPSA) is 66.5 Å². The van der Waals surface area contributed by atoms with Crippen LogP contribution in [0.4, 0.5) is 5.69 Å². The molecule has 0 unspecified atom stereocenters. The third kappa shape index (κ3) is 2.94. The summed E-state index contributed by atoms with van der Waals surface area (Å²) in [6, 6.07) is 3.37. The van der Waals surface area contributed by atoms with E-state index in [1.807, 2.05) is 12.2 Å². The molecule has 126 valence electrons. The molecule has 1 N–H and O–H groups in total. The minimum Gasteiger partial charge on any atom is -0.322 e. The minimum atomic E-state index is -0.502. The van der Waals surface area contributed by atoms with Crippen LogP contribution in [0.3, 0.4) is 0 Å². The van der Waals surface area contributed by atoms with Crippen molar-refractivity contribution < 1.29 is 14.4 Å². The largest absolute Gasteiger partial charge is 0.322 e. The van der Waals surface area contributed by atoms with Gasteiger partial charge in [0.05, 0.1) is 27.6 Å². The molecule has 0 bridgehead atoms. The Bertz CT molecular complexity index is 734. The Kier molecular flexibility index (Phi) is 4.65. The van der Waals surface area contributed by atoms with Gasteiger partial charge in [0.15, 0.2) is 0 Å². The van der Waals surface area contributed by atoms with Crippen LogP contribution in [0.2, 0.25) is 10.0 Å². The Morgan fingerprint density at radius 1 is 1.17 bits per heavy atom. The number of carbonyl (C=O) groups is 3. The fourth-order valence-electron chi connectivity index (χ4n) is 3.12. The molecule has 1 saturated heterocycles. The number of likely N-dealkylation sites (tertiary alicyclic amines) is 1. The van der Waals surface area contributed by atoms with Gasteiger partial charge in [0.2, 0.25) is 17.7 Å². The Balaban J connectivity index is 1.73. The lowest BCUT2D eigenvalue weighted by molar-refractivity contribution is -0.142. The number of hydrogen-bond acceptors (Lipinski definition) is 3. The SMILES string of the molecule is Cc1ccc(Cl)c(NC(=O)CN2C(=O)[C@@H]3CC=CC[C@H]3C2=O)c1Cl. The van der Waals surface area contributed by atoms with Gasteiger partial charge in [-0.3, -0.25) is 19.3 Å². The Hall–Kier alpha value is -1.85. The van der Waals surface area contributed by atoms with E-state index in [-0.39, 0.29) is 30.2 Å². The van der Waals surface area contributed by atoms with Crippen LogP contribution in [0, 0.1) is 18.8 Å². The van der Waals surface area contributed by atoms with Gasteiger partial charge in [-0.25, -0.2) is 0 Å². The van der Waals surface area contributed by atoms with Gasteiger partial charge < -0.3 is 5.32 Å². The molecule has 1 aliphatic carbocycles. The smallest absolute Gasteiger partial charge is 0.244 e. The van der Waals surface area contributed by atoms with E-state index in [9.17, 15) is 14.4 Å². The predicted molar refractivity (Wildman–Crippen MR) is 91.9 cm³/mol. The molecule has 1 aromatic rings. The first-order valence-electron chi connectivity index (χ1n) is 7.65. The van der Waals surface area contributed by atoms with Gasteiger partial charge in [0, 0.05) is 0 Å². The van der Waals surface area contributed by atoms with Crippen LogP contribution in [0.5, 0.6) is 0 Å². The summed E-state index contributed by atoms with van der Waals surface area (Å²) in [6.45, 7) is 1.46. The van der Waals surface area contributed by atoms with E-state index in [2.05, 4.69) is 5.32 Å². The normalized spacial score (nSPS) is 22.7. The highest BCUT2D eigenvalue weighted by atomic mass is 35.5. The second kappa shape index (κ2) is 6.57. The average molecular weight is 367 g/mol. The summed E-state index contributed by atoms with van der Waals surface area (Å²) in [6.07, 6.45) is 4.90. The first kappa shape index (κ1) is 17.0. The van der Waals surface area contributed by atoms with Gasteiger partial charge in [-0.1, -0.05) is 41.4 Å². The lowest BCUT2D eigenvalue weighted by atomic mass is 9.85. The molecule has 5 nitrogen and oxygen atoms in total. The fourth-order valence-corrected chi connectivity index (χ4v) is 3.58. The predicted octanol–water partition coefficient (Wildman–Crippen LogP) is 3.19. The van der Waals surface area contributed by atoms with E-state index in [0.717, 1.165) is 10.5 Å². The molecule has 3 amide bonds. The number of rotatable bonds is 3. The Morgan fingerprint density at radius 2 is 1.75 bits per heavy atom. The minimum absolute atomic E-state index is 0.286. The highest BCUT2D eigenvalue weighted by Crippen LogP contribution is 2.35. The molecule has 7 heteroatoms. The summed E-state index contributed by atoms with van der Waals surface area (Å²) < 4.78 is 0. The number of fused-ring (bicyclic) bond motifs is 1. The quantitative estimate of drug-likeness (QED) is 0.659. The van der Waals surface area contributed by atoms with Crippen LogP contribution in [0.15, 0.2) is 24.3 Å². The number of imide groups is 1. The molecule has 3 rings (SSSR count). The molecule has 0 radical (unpaired) electrons. The first-order valence-corrected chi connectivity index (χ1v) is 8.40. The standard InChI is InChI=1S/C17H16Cl2N2O3/c1-9-6-7-12(18)15(14(9)19)20-13(22)8-21-16(23)10-4-2-3-5-11(10)17(21)24/h2-3,6-7,10-11H,4-5,8H2,1H3,(H,20,22)/t10-,11-/m1/s1. The Morgan fingerprint density at radius 3 is 2.33 bits per heavy atom. The lowest BCUT2D eigenvalue weighted by Gasteiger charge is -2.16. The molecule has 1 aromatic carbocycles. The van der Waals surface area contributed by atoms with Crippen LogP contribution < -0.4 is 5.32 Å². The number of nitrogens with one attached hydrogen (secondary N) is 1. The number of aryl methyl sites for hydroxylation is 1. The molecule has 24 heavy (non-hydrogen) atoms. The molecule has 1 heterocycles. The average Bonchev–Trinajstić information content (AvgIpc) is 2.81. The van der Waals surface area contributed by atoms with Gasteiger partial charge in [-0.2, -0.15) is 0 Å². The van der Waals surface area contributed by atoms with Crippen molar-refractivity contribution in [3.05, 3.63) is 39.9 Å². The summed E-state index contributed by atoms with van der Waals surface area (Å²) in [5.74, 6) is -1.77. The summed E-state index contributed by atoms with van der Waals surface area (Å²) in [5, 5.41) is 3.25. The van der Waals surface area contributed by atoms with Gasteiger partial charge in [0.25, 0.3) is 0 Å². The van der Waals surface area contributed by atoms with Crippen LogP contribution >= 0.6 is 23.2 Å². The molecular weight excluding hydrogens is 351 g/mol. The van der Waals surface area contributed by atoms with Crippen LogP contribution in [0.25, 0.3) is 0 Å². The number of halogens is 2. The van der Waals surface area contributed by atoms with Gasteiger partial charge in [-0.15, -0.1) is 0 Å². The van der Waals surface area contributed by atoms with Crippen molar-refractivity contribution in [2.24, 2.45) is 11.8 Å². The maximum Gasteiger partial charge on any atom is 0.244 e. The highest BCUT2D eigenvalue weighted by Gasteiger charge is 2.47. The van der Waals surface area contributed by atoms with E-state index < -0.39 is 5.91 Å². The van der Waals surface area contributed by atoms with Crippen LogP contribution in [-0.2, 0) is 14.4 Å². The molecule has 0 aromatic heterocycles. The summed E-state index contributed by atoms with van der Waals surface area (Å²) in [4.78, 5) is 38.1. The number of carbonyl (C=O) groups excluding carboxylic acids is 3. The lowest BCUT2D eigenvalue weighted by Crippen LogP contribution is -2.38. The van der Waals surface area contributed by atoms with E-state index in [4.69, 9.17) is 23.2 Å². The second-order valence-electron chi connectivity index (χ2n) is 6.02. The van der Waals surface area contributed by atoms with E-state index in [1.54, 1.807) is 19.1 Å². The van der Waals surface area contributed by atoms with Gasteiger partial charge in [-0.05, 0) is 31.4 Å². The molecule has 0 saturated carbocycles. The number of amides is 3. The zero-order valence-corrected chi connectivity index (χ0v) is 14.5. The molecule has 2 atom stereocenters. The number of anilines is 1. The number of benzene rings is 1. The monoisotopic (exact) mass is 366 g/mol. The Labute approximate surface area is 149 Å². The highest BCUT2D eigenvalue weighted by molar-refractivity contribution is 6.40. The van der Waals surface area contributed by atoms with Crippen molar-refractivity contribution in [3.63, 3.8) is 0 Å². The molecule has 2 aliphatic rings. The third-order valence-electron chi connectivity index (χ3n) is 4.45. The fraction of sp³-hybridized carbons (Fsp3) is 0.353. The maximum absolute atomic E-state index is 12.4. The number of nitrogens with zero attached hydrogens (tertiary/aromatic N) is 1. The van der Waals surface area contributed by atoms with E-state index >= 15 is 0 Å². The number of hydrogen-bond donors (Lipinski definition) is 1. The molecular formula is C17H16Cl2N2O3. The van der Waals surface area contributed by atoms with Gasteiger partial charge >= 0.3 is 0 Å². The van der Waals surface area contributed by atoms with Crippen molar-refractivity contribution in [1.29, 1.82) is 0 Å². The van der Waals surface area contributed by atoms with Crippen molar-refractivity contribution in [1.82, 2.24) is 4.90 Å². The molecule has 1 aliphatic heterocycles. The second-order valence-corrected chi connectivity index (χ2v) is 6.81. The molecule has 0 spiro atoms.